The Morgan fingerprint density at radius 1 is 0.857 bits per heavy atom. The summed E-state index contributed by atoms with van der Waals surface area (Å²) in [6.45, 7) is 0. The molecular formula is C8H5F5O. The van der Waals surface area contributed by atoms with Crippen molar-refractivity contribution < 1.29 is 27.1 Å². The molecule has 14 heavy (non-hydrogen) atoms. The molecular weight excluding hydrogens is 207 g/mol. The van der Waals surface area contributed by atoms with E-state index < -0.39 is 17.7 Å². The Bertz CT molecular complexity index is 313. The highest BCUT2D eigenvalue weighted by atomic mass is 19.4. The van der Waals surface area contributed by atoms with E-state index in [2.05, 4.69) is 0 Å². The van der Waals surface area contributed by atoms with Gasteiger partial charge in [-0.2, -0.15) is 22.0 Å². The van der Waals surface area contributed by atoms with Crippen LogP contribution in [0.15, 0.2) is 24.3 Å². The van der Waals surface area contributed by atoms with E-state index in [0.29, 0.717) is 12.1 Å². The molecule has 1 aromatic carbocycles. The van der Waals surface area contributed by atoms with Gasteiger partial charge in [0.25, 0.3) is 0 Å². The number of benzene rings is 1. The van der Waals surface area contributed by atoms with E-state index in [4.69, 9.17) is 5.11 Å². The first kappa shape index (κ1) is 10.7. The minimum Gasteiger partial charge on any atom is -0.508 e. The first-order valence-corrected chi connectivity index (χ1v) is 3.49. The lowest BCUT2D eigenvalue weighted by atomic mass is 10.1. The zero-order chi connectivity index (χ0) is 11.0. The summed E-state index contributed by atoms with van der Waals surface area (Å²) in [5.41, 5.74) is -1.19. The Kier molecular flexibility index (Phi) is 2.39. The lowest BCUT2D eigenvalue weighted by Gasteiger charge is -2.19. The molecule has 0 amide bonds. The summed E-state index contributed by atoms with van der Waals surface area (Å²) in [6.07, 6.45) is -5.62. The minimum absolute atomic E-state index is 0.369. The van der Waals surface area contributed by atoms with Crippen molar-refractivity contribution in [3.05, 3.63) is 29.8 Å². The molecule has 0 bridgehead atoms. The van der Waals surface area contributed by atoms with Gasteiger partial charge in [0.2, 0.25) is 0 Å². The van der Waals surface area contributed by atoms with Gasteiger partial charge in [-0.15, -0.1) is 0 Å². The van der Waals surface area contributed by atoms with Crippen molar-refractivity contribution in [3.8, 4) is 5.75 Å². The third-order valence-electron chi connectivity index (χ3n) is 1.59. The topological polar surface area (TPSA) is 20.2 Å². The van der Waals surface area contributed by atoms with E-state index in [1.54, 1.807) is 0 Å². The van der Waals surface area contributed by atoms with E-state index in [9.17, 15) is 22.0 Å². The predicted octanol–water partition coefficient (Wildman–Crippen LogP) is 3.05. The maximum Gasteiger partial charge on any atom is 0.458 e. The molecule has 6 heteroatoms. The van der Waals surface area contributed by atoms with E-state index in [1.807, 2.05) is 0 Å². The van der Waals surface area contributed by atoms with Crippen molar-refractivity contribution in [1.29, 1.82) is 0 Å². The number of phenols is 1. The molecule has 0 aromatic heterocycles. The van der Waals surface area contributed by atoms with Crippen LogP contribution >= 0.6 is 0 Å². The molecule has 1 rings (SSSR count). The summed E-state index contributed by atoms with van der Waals surface area (Å²) in [5.74, 6) is -5.26. The fraction of sp³-hybridized carbons (Fsp3) is 0.250. The smallest absolute Gasteiger partial charge is 0.458 e. The Balaban J connectivity index is 3.10. The lowest BCUT2D eigenvalue weighted by Crippen LogP contribution is -2.33. The van der Waals surface area contributed by atoms with Gasteiger partial charge in [0.1, 0.15) is 5.75 Å². The average Bonchev–Trinajstić information content (AvgIpc) is 2.03. The summed E-state index contributed by atoms with van der Waals surface area (Å²) in [6, 6.07) is 2.61. The van der Waals surface area contributed by atoms with Crippen molar-refractivity contribution in [2.75, 3.05) is 0 Å². The number of rotatable bonds is 1. The number of hydrogen-bond donors (Lipinski definition) is 1. The summed E-state index contributed by atoms with van der Waals surface area (Å²) in [5, 5.41) is 8.70. The fourth-order valence-electron chi connectivity index (χ4n) is 0.834. The van der Waals surface area contributed by atoms with E-state index in [1.165, 1.54) is 0 Å². The van der Waals surface area contributed by atoms with Gasteiger partial charge in [-0.1, -0.05) is 0 Å². The molecule has 0 aliphatic carbocycles. The van der Waals surface area contributed by atoms with Crippen molar-refractivity contribution >= 4 is 0 Å². The monoisotopic (exact) mass is 212 g/mol. The molecule has 1 nitrogen and oxygen atoms in total. The number of alkyl halides is 5. The Morgan fingerprint density at radius 2 is 1.29 bits per heavy atom. The molecule has 0 aliphatic heterocycles. The van der Waals surface area contributed by atoms with Crippen LogP contribution in [0.1, 0.15) is 5.56 Å². The molecule has 0 heterocycles. The van der Waals surface area contributed by atoms with Crippen LogP contribution in [0.2, 0.25) is 0 Å². The second-order valence-electron chi connectivity index (χ2n) is 2.62. The number of aromatic hydroxyl groups is 1. The molecule has 0 saturated carbocycles. The number of halogens is 5. The normalized spacial score (nSPS) is 12.9. The van der Waals surface area contributed by atoms with E-state index >= 15 is 0 Å². The molecule has 78 valence electrons. The highest BCUT2D eigenvalue weighted by Gasteiger charge is 2.58. The molecule has 0 fully saturated rings. The van der Waals surface area contributed by atoms with Crippen LogP contribution in [-0.4, -0.2) is 11.3 Å². The molecule has 0 unspecified atom stereocenters. The van der Waals surface area contributed by atoms with Gasteiger partial charge in [0.15, 0.2) is 0 Å². The van der Waals surface area contributed by atoms with Gasteiger partial charge in [-0.25, -0.2) is 0 Å². The Labute approximate surface area is 75.8 Å². The zero-order valence-corrected chi connectivity index (χ0v) is 6.65. The summed E-state index contributed by atoms with van der Waals surface area (Å²) in [7, 11) is 0. The third-order valence-corrected chi connectivity index (χ3v) is 1.59. The maximum atomic E-state index is 12.6. The molecule has 0 radical (unpaired) electrons. The Morgan fingerprint density at radius 3 is 1.64 bits per heavy atom. The van der Waals surface area contributed by atoms with Gasteiger partial charge < -0.3 is 5.11 Å². The maximum absolute atomic E-state index is 12.6. The van der Waals surface area contributed by atoms with Crippen molar-refractivity contribution in [3.63, 3.8) is 0 Å². The molecule has 0 aliphatic rings. The van der Waals surface area contributed by atoms with Crippen molar-refractivity contribution in [1.82, 2.24) is 0 Å². The van der Waals surface area contributed by atoms with Gasteiger partial charge in [0, 0.05) is 5.56 Å². The number of hydrogen-bond acceptors (Lipinski definition) is 1. The van der Waals surface area contributed by atoms with Crippen LogP contribution in [0.3, 0.4) is 0 Å². The highest BCUT2D eigenvalue weighted by molar-refractivity contribution is 5.29. The first-order chi connectivity index (χ1) is 6.25. The van der Waals surface area contributed by atoms with Crippen molar-refractivity contribution in [2.45, 2.75) is 12.1 Å². The van der Waals surface area contributed by atoms with Crippen LogP contribution in [0.5, 0.6) is 5.75 Å². The lowest BCUT2D eigenvalue weighted by molar-refractivity contribution is -0.289. The summed E-state index contributed by atoms with van der Waals surface area (Å²) in [4.78, 5) is 0. The van der Waals surface area contributed by atoms with E-state index in [-0.39, 0.29) is 5.75 Å². The molecule has 0 saturated heterocycles. The van der Waals surface area contributed by atoms with Crippen LogP contribution in [0.25, 0.3) is 0 Å². The minimum atomic E-state index is -5.62. The van der Waals surface area contributed by atoms with Crippen LogP contribution in [0.4, 0.5) is 22.0 Å². The van der Waals surface area contributed by atoms with Gasteiger partial charge in [-0.05, 0) is 24.3 Å². The second kappa shape index (κ2) is 3.11. The van der Waals surface area contributed by atoms with Gasteiger partial charge >= 0.3 is 12.1 Å². The second-order valence-corrected chi connectivity index (χ2v) is 2.62. The fourth-order valence-corrected chi connectivity index (χ4v) is 0.834. The van der Waals surface area contributed by atoms with Crippen LogP contribution < -0.4 is 0 Å². The first-order valence-electron chi connectivity index (χ1n) is 3.49. The quantitative estimate of drug-likeness (QED) is 0.709. The largest absolute Gasteiger partial charge is 0.508 e. The average molecular weight is 212 g/mol. The van der Waals surface area contributed by atoms with E-state index in [0.717, 1.165) is 12.1 Å². The van der Waals surface area contributed by atoms with Gasteiger partial charge in [-0.3, -0.25) is 0 Å². The predicted molar refractivity (Wildman–Crippen MR) is 38.1 cm³/mol. The van der Waals surface area contributed by atoms with Crippen LogP contribution in [0, 0.1) is 0 Å². The zero-order valence-electron chi connectivity index (χ0n) is 6.65. The molecule has 1 aromatic rings. The molecule has 1 N–H and O–H groups in total. The van der Waals surface area contributed by atoms with Crippen molar-refractivity contribution in [2.24, 2.45) is 0 Å². The number of phenolic OH excluding ortho intramolecular Hbond substituents is 1. The van der Waals surface area contributed by atoms with Gasteiger partial charge in [0.05, 0.1) is 0 Å². The standard InChI is InChI=1S/C8H5F5O/c9-7(10,8(11,12)13)5-1-3-6(14)4-2-5/h1-4,14H. The summed E-state index contributed by atoms with van der Waals surface area (Å²) < 4.78 is 60.6. The third kappa shape index (κ3) is 1.78. The SMILES string of the molecule is Oc1ccc(C(F)(F)C(F)(F)F)cc1. The Hall–Kier alpha value is -1.33. The summed E-state index contributed by atoms with van der Waals surface area (Å²) >= 11 is 0. The molecule has 0 spiro atoms. The van der Waals surface area contributed by atoms with Crippen LogP contribution in [-0.2, 0) is 5.92 Å². The highest BCUT2D eigenvalue weighted by Crippen LogP contribution is 2.43. The molecule has 0 atom stereocenters.